The fourth-order valence-electron chi connectivity index (χ4n) is 2.36. The summed E-state index contributed by atoms with van der Waals surface area (Å²) in [5.74, 6) is 1.33. The average molecular weight is 312 g/mol. The molecule has 0 radical (unpaired) electrons. The largest absolute Gasteiger partial charge is 0.489 e. The van der Waals surface area contributed by atoms with E-state index in [-0.39, 0.29) is 6.61 Å². The van der Waals surface area contributed by atoms with Crippen molar-refractivity contribution in [2.75, 3.05) is 19.7 Å². The Morgan fingerprint density at radius 1 is 1.33 bits per heavy atom. The maximum absolute atomic E-state index is 10.2. The van der Waals surface area contributed by atoms with Crippen LogP contribution in [0.1, 0.15) is 33.1 Å². The second-order valence-corrected chi connectivity index (χ2v) is 6.71. The third-order valence-electron chi connectivity index (χ3n) is 3.77. The molecule has 0 bridgehead atoms. The standard InChI is InChI=1S/C17H26ClNO2/c1-13(2)9-10-19(14-7-8-14)11-15(20)12-21-17-6-4-3-5-16(17)18/h3-6,13-15,20H,7-12H2,1-2H3. The minimum absolute atomic E-state index is 0.286. The molecule has 21 heavy (non-hydrogen) atoms. The third kappa shape index (κ3) is 5.85. The first-order valence-electron chi connectivity index (χ1n) is 7.85. The summed E-state index contributed by atoms with van der Waals surface area (Å²) >= 11 is 6.04. The van der Waals surface area contributed by atoms with Crippen LogP contribution in [-0.4, -0.2) is 41.8 Å². The van der Waals surface area contributed by atoms with Crippen molar-refractivity contribution < 1.29 is 9.84 Å². The second kappa shape index (κ2) is 8.02. The first kappa shape index (κ1) is 16.6. The maximum Gasteiger partial charge on any atom is 0.138 e. The van der Waals surface area contributed by atoms with Gasteiger partial charge in [-0.15, -0.1) is 0 Å². The molecule has 1 aliphatic carbocycles. The highest BCUT2D eigenvalue weighted by molar-refractivity contribution is 6.32. The first-order chi connectivity index (χ1) is 10.1. The smallest absolute Gasteiger partial charge is 0.138 e. The molecule has 1 aromatic rings. The van der Waals surface area contributed by atoms with Gasteiger partial charge in [-0.2, -0.15) is 0 Å². The number of ether oxygens (including phenoxy) is 1. The van der Waals surface area contributed by atoms with Crippen molar-refractivity contribution in [3.05, 3.63) is 29.3 Å². The zero-order valence-electron chi connectivity index (χ0n) is 13.0. The molecule has 0 heterocycles. The van der Waals surface area contributed by atoms with Crippen molar-refractivity contribution in [1.82, 2.24) is 4.90 Å². The van der Waals surface area contributed by atoms with Crippen LogP contribution >= 0.6 is 11.6 Å². The van der Waals surface area contributed by atoms with Crippen molar-refractivity contribution in [3.63, 3.8) is 0 Å². The third-order valence-corrected chi connectivity index (χ3v) is 4.08. The van der Waals surface area contributed by atoms with E-state index < -0.39 is 6.10 Å². The Labute approximate surface area is 132 Å². The average Bonchev–Trinajstić information content (AvgIpc) is 3.27. The van der Waals surface area contributed by atoms with Crippen LogP contribution in [0.4, 0.5) is 0 Å². The Hall–Kier alpha value is -0.770. The summed E-state index contributed by atoms with van der Waals surface area (Å²) in [7, 11) is 0. The number of aliphatic hydroxyl groups excluding tert-OH is 1. The van der Waals surface area contributed by atoms with Gasteiger partial charge in [0.2, 0.25) is 0 Å². The molecule has 1 N–H and O–H groups in total. The van der Waals surface area contributed by atoms with Crippen LogP contribution in [0.25, 0.3) is 0 Å². The van der Waals surface area contributed by atoms with E-state index in [0.717, 1.165) is 6.54 Å². The van der Waals surface area contributed by atoms with Crippen LogP contribution in [0, 0.1) is 5.92 Å². The van der Waals surface area contributed by atoms with Crippen LogP contribution in [0.2, 0.25) is 5.02 Å². The van der Waals surface area contributed by atoms with Gasteiger partial charge in [0.15, 0.2) is 0 Å². The molecule has 1 aliphatic rings. The number of rotatable bonds is 9. The highest BCUT2D eigenvalue weighted by Crippen LogP contribution is 2.28. The minimum Gasteiger partial charge on any atom is -0.489 e. The maximum atomic E-state index is 10.2. The van der Waals surface area contributed by atoms with Crippen LogP contribution in [0.3, 0.4) is 0 Å². The molecule has 0 spiro atoms. The van der Waals surface area contributed by atoms with Crippen LogP contribution in [-0.2, 0) is 0 Å². The molecule has 118 valence electrons. The van der Waals surface area contributed by atoms with Crippen LogP contribution in [0.5, 0.6) is 5.75 Å². The molecule has 1 atom stereocenters. The lowest BCUT2D eigenvalue weighted by atomic mass is 10.1. The Morgan fingerprint density at radius 2 is 2.05 bits per heavy atom. The van der Waals surface area contributed by atoms with Crippen LogP contribution < -0.4 is 4.74 Å². The van der Waals surface area contributed by atoms with E-state index >= 15 is 0 Å². The lowest BCUT2D eigenvalue weighted by Crippen LogP contribution is -2.38. The Kier molecular flexibility index (Phi) is 6.34. The van der Waals surface area contributed by atoms with E-state index in [1.54, 1.807) is 6.07 Å². The molecule has 1 fully saturated rings. The molecule has 1 unspecified atom stereocenters. The van der Waals surface area contributed by atoms with Gasteiger partial charge in [0, 0.05) is 12.6 Å². The molecule has 0 aliphatic heterocycles. The topological polar surface area (TPSA) is 32.7 Å². The number of hydrogen-bond acceptors (Lipinski definition) is 3. The zero-order chi connectivity index (χ0) is 15.2. The SMILES string of the molecule is CC(C)CCN(CC(O)COc1ccccc1Cl)C1CC1. The summed E-state index contributed by atoms with van der Waals surface area (Å²) in [6.07, 6.45) is 3.22. The fourth-order valence-corrected chi connectivity index (χ4v) is 2.55. The molecule has 0 saturated heterocycles. The number of nitrogens with zero attached hydrogens (tertiary/aromatic N) is 1. The predicted molar refractivity (Wildman–Crippen MR) is 87.0 cm³/mol. The van der Waals surface area contributed by atoms with E-state index in [1.807, 2.05) is 18.2 Å². The number of halogens is 1. The van der Waals surface area contributed by atoms with Gasteiger partial charge in [0.05, 0.1) is 5.02 Å². The fraction of sp³-hybridized carbons (Fsp3) is 0.647. The Morgan fingerprint density at radius 3 is 2.67 bits per heavy atom. The van der Waals surface area contributed by atoms with Crippen molar-refractivity contribution in [2.24, 2.45) is 5.92 Å². The van der Waals surface area contributed by atoms with Gasteiger partial charge in [0.25, 0.3) is 0 Å². The lowest BCUT2D eigenvalue weighted by molar-refractivity contribution is 0.0638. The molecule has 3 nitrogen and oxygen atoms in total. The van der Waals surface area contributed by atoms with Crippen LogP contribution in [0.15, 0.2) is 24.3 Å². The van der Waals surface area contributed by atoms with E-state index in [4.69, 9.17) is 16.3 Å². The number of hydrogen-bond donors (Lipinski definition) is 1. The van der Waals surface area contributed by atoms with Gasteiger partial charge in [-0.25, -0.2) is 0 Å². The predicted octanol–water partition coefficient (Wildman–Crippen LogP) is 3.59. The van der Waals surface area contributed by atoms with Crippen molar-refractivity contribution in [3.8, 4) is 5.75 Å². The van der Waals surface area contributed by atoms with Crippen molar-refractivity contribution in [2.45, 2.75) is 45.3 Å². The molecular weight excluding hydrogens is 286 g/mol. The summed E-state index contributed by atoms with van der Waals surface area (Å²) in [6.45, 7) is 6.51. The molecule has 1 saturated carbocycles. The van der Waals surface area contributed by atoms with E-state index in [0.29, 0.717) is 29.3 Å². The van der Waals surface area contributed by atoms with Gasteiger partial charge < -0.3 is 9.84 Å². The molecule has 4 heteroatoms. The Bertz CT molecular complexity index is 435. The lowest BCUT2D eigenvalue weighted by Gasteiger charge is -2.25. The normalized spacial score (nSPS) is 16.5. The summed E-state index contributed by atoms with van der Waals surface area (Å²) in [5.41, 5.74) is 0. The minimum atomic E-state index is -0.478. The zero-order valence-corrected chi connectivity index (χ0v) is 13.7. The Balaban J connectivity index is 1.76. The first-order valence-corrected chi connectivity index (χ1v) is 8.23. The van der Waals surface area contributed by atoms with Gasteiger partial charge in [-0.05, 0) is 43.9 Å². The van der Waals surface area contributed by atoms with Gasteiger partial charge in [-0.1, -0.05) is 37.6 Å². The highest BCUT2D eigenvalue weighted by Gasteiger charge is 2.30. The monoisotopic (exact) mass is 311 g/mol. The summed E-state index contributed by atoms with van der Waals surface area (Å²) in [5, 5.41) is 10.8. The molecular formula is C17H26ClNO2. The molecule has 1 aromatic carbocycles. The quantitative estimate of drug-likeness (QED) is 0.756. The van der Waals surface area contributed by atoms with E-state index in [1.165, 1.54) is 19.3 Å². The number of aliphatic hydroxyl groups is 1. The summed E-state index contributed by atoms with van der Waals surface area (Å²) in [4.78, 5) is 2.40. The van der Waals surface area contributed by atoms with Gasteiger partial charge in [0.1, 0.15) is 18.5 Å². The van der Waals surface area contributed by atoms with E-state index in [9.17, 15) is 5.11 Å². The van der Waals surface area contributed by atoms with Crippen molar-refractivity contribution >= 4 is 11.6 Å². The summed E-state index contributed by atoms with van der Waals surface area (Å²) < 4.78 is 5.62. The van der Waals surface area contributed by atoms with E-state index in [2.05, 4.69) is 18.7 Å². The highest BCUT2D eigenvalue weighted by atomic mass is 35.5. The number of benzene rings is 1. The molecule has 2 rings (SSSR count). The second-order valence-electron chi connectivity index (χ2n) is 6.30. The molecule has 0 aromatic heterocycles. The molecule has 0 amide bonds. The van der Waals surface area contributed by atoms with Gasteiger partial charge in [-0.3, -0.25) is 4.90 Å². The summed E-state index contributed by atoms with van der Waals surface area (Å²) in [6, 6.07) is 8.03. The van der Waals surface area contributed by atoms with Gasteiger partial charge >= 0.3 is 0 Å². The number of para-hydroxylation sites is 1. The van der Waals surface area contributed by atoms with Crippen molar-refractivity contribution in [1.29, 1.82) is 0 Å².